The van der Waals surface area contributed by atoms with Crippen LogP contribution in [0.2, 0.25) is 5.02 Å². The van der Waals surface area contributed by atoms with Gasteiger partial charge in [-0.3, -0.25) is 9.69 Å². The maximum atomic E-state index is 12.4. The van der Waals surface area contributed by atoms with E-state index >= 15 is 0 Å². The van der Waals surface area contributed by atoms with Crippen molar-refractivity contribution in [2.24, 2.45) is 0 Å². The van der Waals surface area contributed by atoms with Crippen molar-refractivity contribution in [3.8, 4) is 5.75 Å². The number of hydrogen-bond donors (Lipinski definition) is 0. The van der Waals surface area contributed by atoms with E-state index in [0.29, 0.717) is 18.1 Å². The molecule has 0 radical (unpaired) electrons. The number of ether oxygens (including phenoxy) is 1. The van der Waals surface area contributed by atoms with Crippen molar-refractivity contribution in [1.29, 1.82) is 0 Å². The summed E-state index contributed by atoms with van der Waals surface area (Å²) < 4.78 is 5.74. The van der Waals surface area contributed by atoms with Crippen molar-refractivity contribution in [1.82, 2.24) is 9.80 Å². The molecule has 2 aromatic rings. The third kappa shape index (κ3) is 5.48. The first-order chi connectivity index (χ1) is 12.2. The minimum atomic E-state index is 0.183. The largest absolute Gasteiger partial charge is 0.492 e. The second-order valence-electron chi connectivity index (χ2n) is 6.19. The zero-order valence-corrected chi connectivity index (χ0v) is 15.0. The Kier molecular flexibility index (Phi) is 6.31. The van der Waals surface area contributed by atoms with Gasteiger partial charge in [-0.05, 0) is 29.8 Å². The van der Waals surface area contributed by atoms with E-state index < -0.39 is 0 Å². The van der Waals surface area contributed by atoms with E-state index in [9.17, 15) is 4.79 Å². The SMILES string of the molecule is O=C(Cc1ccc(Cl)cc1)N1CCN(CCOc2ccccc2)CC1. The van der Waals surface area contributed by atoms with Crippen LogP contribution in [0.5, 0.6) is 5.75 Å². The molecule has 1 heterocycles. The molecule has 0 spiro atoms. The molecule has 2 aromatic carbocycles. The van der Waals surface area contributed by atoms with E-state index in [-0.39, 0.29) is 5.91 Å². The lowest BCUT2D eigenvalue weighted by Gasteiger charge is -2.34. The van der Waals surface area contributed by atoms with Gasteiger partial charge >= 0.3 is 0 Å². The molecular formula is C20H23ClN2O2. The topological polar surface area (TPSA) is 32.8 Å². The van der Waals surface area contributed by atoms with Gasteiger partial charge in [0.25, 0.3) is 0 Å². The summed E-state index contributed by atoms with van der Waals surface area (Å²) in [4.78, 5) is 16.7. The van der Waals surface area contributed by atoms with Crippen LogP contribution in [0.4, 0.5) is 0 Å². The van der Waals surface area contributed by atoms with E-state index in [1.807, 2.05) is 59.5 Å². The van der Waals surface area contributed by atoms with Crippen LogP contribution in [0.25, 0.3) is 0 Å². The van der Waals surface area contributed by atoms with E-state index in [1.165, 1.54) is 0 Å². The average molecular weight is 359 g/mol. The van der Waals surface area contributed by atoms with Crippen molar-refractivity contribution >= 4 is 17.5 Å². The normalized spacial score (nSPS) is 15.2. The van der Waals surface area contributed by atoms with Crippen molar-refractivity contribution < 1.29 is 9.53 Å². The minimum Gasteiger partial charge on any atom is -0.492 e. The molecule has 5 heteroatoms. The number of carbonyl (C=O) groups is 1. The second-order valence-corrected chi connectivity index (χ2v) is 6.62. The molecule has 1 aliphatic rings. The summed E-state index contributed by atoms with van der Waals surface area (Å²) in [5.74, 6) is 1.08. The van der Waals surface area contributed by atoms with Gasteiger partial charge in [-0.2, -0.15) is 0 Å². The van der Waals surface area contributed by atoms with Crippen molar-refractivity contribution in [2.75, 3.05) is 39.3 Å². The maximum Gasteiger partial charge on any atom is 0.227 e. The van der Waals surface area contributed by atoms with Gasteiger partial charge in [-0.1, -0.05) is 41.9 Å². The Hall–Kier alpha value is -2.04. The number of nitrogens with zero attached hydrogens (tertiary/aromatic N) is 2. The summed E-state index contributed by atoms with van der Waals surface area (Å²) in [6, 6.07) is 17.3. The van der Waals surface area contributed by atoms with Crippen molar-refractivity contribution in [3.05, 3.63) is 65.2 Å². The van der Waals surface area contributed by atoms with Crippen LogP contribution < -0.4 is 4.74 Å². The number of rotatable bonds is 6. The lowest BCUT2D eigenvalue weighted by atomic mass is 10.1. The van der Waals surface area contributed by atoms with E-state index in [0.717, 1.165) is 44.0 Å². The van der Waals surface area contributed by atoms with Crippen LogP contribution in [0.3, 0.4) is 0 Å². The molecule has 0 bridgehead atoms. The van der Waals surface area contributed by atoms with Gasteiger partial charge in [0.15, 0.2) is 0 Å². The summed E-state index contributed by atoms with van der Waals surface area (Å²) in [5, 5.41) is 0.697. The summed E-state index contributed by atoms with van der Waals surface area (Å²) in [6.45, 7) is 4.89. The van der Waals surface area contributed by atoms with Crippen LogP contribution in [0.1, 0.15) is 5.56 Å². The summed E-state index contributed by atoms with van der Waals surface area (Å²) in [5.41, 5.74) is 1.01. The summed E-state index contributed by atoms with van der Waals surface area (Å²) in [7, 11) is 0. The molecule has 0 atom stereocenters. The fourth-order valence-corrected chi connectivity index (χ4v) is 3.04. The Balaban J connectivity index is 1.37. The van der Waals surface area contributed by atoms with Crippen LogP contribution in [0.15, 0.2) is 54.6 Å². The Morgan fingerprint density at radius 2 is 1.64 bits per heavy atom. The van der Waals surface area contributed by atoms with Crippen molar-refractivity contribution in [3.63, 3.8) is 0 Å². The fraction of sp³-hybridized carbons (Fsp3) is 0.350. The lowest BCUT2D eigenvalue weighted by Crippen LogP contribution is -2.49. The molecule has 0 unspecified atom stereocenters. The first-order valence-electron chi connectivity index (χ1n) is 8.63. The van der Waals surface area contributed by atoms with Crippen LogP contribution in [-0.4, -0.2) is 55.0 Å². The predicted molar refractivity (Wildman–Crippen MR) is 100 cm³/mol. The van der Waals surface area contributed by atoms with E-state index in [4.69, 9.17) is 16.3 Å². The van der Waals surface area contributed by atoms with E-state index in [1.54, 1.807) is 0 Å². The average Bonchev–Trinajstić information content (AvgIpc) is 2.65. The Morgan fingerprint density at radius 3 is 2.32 bits per heavy atom. The van der Waals surface area contributed by atoms with E-state index in [2.05, 4.69) is 4.90 Å². The number of hydrogen-bond acceptors (Lipinski definition) is 3. The highest BCUT2D eigenvalue weighted by Gasteiger charge is 2.20. The van der Waals surface area contributed by atoms with Gasteiger partial charge in [0.2, 0.25) is 5.91 Å². The highest BCUT2D eigenvalue weighted by molar-refractivity contribution is 6.30. The number of amides is 1. The number of benzene rings is 2. The number of halogens is 1. The van der Waals surface area contributed by atoms with Gasteiger partial charge in [0.1, 0.15) is 12.4 Å². The third-order valence-electron chi connectivity index (χ3n) is 4.41. The second kappa shape index (κ2) is 8.88. The van der Waals surface area contributed by atoms with Crippen LogP contribution >= 0.6 is 11.6 Å². The molecule has 1 fully saturated rings. The first-order valence-corrected chi connectivity index (χ1v) is 9.01. The number of carbonyl (C=O) groups excluding carboxylic acids is 1. The zero-order valence-electron chi connectivity index (χ0n) is 14.2. The number of para-hydroxylation sites is 1. The third-order valence-corrected chi connectivity index (χ3v) is 4.67. The summed E-state index contributed by atoms with van der Waals surface area (Å²) in [6.07, 6.45) is 0.439. The monoisotopic (exact) mass is 358 g/mol. The highest BCUT2D eigenvalue weighted by atomic mass is 35.5. The molecule has 0 aliphatic carbocycles. The lowest BCUT2D eigenvalue weighted by molar-refractivity contribution is -0.132. The van der Waals surface area contributed by atoms with Gasteiger partial charge < -0.3 is 9.64 Å². The predicted octanol–water partition coefficient (Wildman–Crippen LogP) is 3.11. The molecule has 0 saturated carbocycles. The molecule has 4 nitrogen and oxygen atoms in total. The Morgan fingerprint density at radius 1 is 0.960 bits per heavy atom. The quantitative estimate of drug-likeness (QED) is 0.795. The van der Waals surface area contributed by atoms with Crippen LogP contribution in [-0.2, 0) is 11.2 Å². The Bertz CT molecular complexity index is 668. The highest BCUT2D eigenvalue weighted by Crippen LogP contribution is 2.12. The Labute approximate surface area is 154 Å². The first kappa shape index (κ1) is 17.8. The van der Waals surface area contributed by atoms with Crippen LogP contribution in [0, 0.1) is 0 Å². The molecular weight excluding hydrogens is 336 g/mol. The standard InChI is InChI=1S/C20H23ClN2O2/c21-18-8-6-17(7-9-18)16-20(24)23-12-10-22(11-13-23)14-15-25-19-4-2-1-3-5-19/h1-9H,10-16H2. The smallest absolute Gasteiger partial charge is 0.227 e. The van der Waals surface area contributed by atoms with Gasteiger partial charge in [0, 0.05) is 37.7 Å². The maximum absolute atomic E-state index is 12.4. The van der Waals surface area contributed by atoms with Gasteiger partial charge in [-0.15, -0.1) is 0 Å². The summed E-state index contributed by atoms with van der Waals surface area (Å²) >= 11 is 5.88. The van der Waals surface area contributed by atoms with Gasteiger partial charge in [-0.25, -0.2) is 0 Å². The molecule has 132 valence electrons. The fourth-order valence-electron chi connectivity index (χ4n) is 2.92. The molecule has 1 amide bonds. The minimum absolute atomic E-state index is 0.183. The molecule has 1 aliphatic heterocycles. The zero-order chi connectivity index (χ0) is 17.5. The van der Waals surface area contributed by atoms with Gasteiger partial charge in [0.05, 0.1) is 6.42 Å². The molecule has 3 rings (SSSR count). The molecule has 25 heavy (non-hydrogen) atoms. The molecule has 1 saturated heterocycles. The van der Waals surface area contributed by atoms with Crippen molar-refractivity contribution in [2.45, 2.75) is 6.42 Å². The molecule has 0 aromatic heterocycles. The molecule has 0 N–H and O–H groups in total. The number of piperazine rings is 1.